The summed E-state index contributed by atoms with van der Waals surface area (Å²) in [6.07, 6.45) is -0.797. The van der Waals surface area contributed by atoms with Crippen molar-refractivity contribution in [3.63, 3.8) is 0 Å². The van der Waals surface area contributed by atoms with Crippen molar-refractivity contribution in [2.45, 2.75) is 75.3 Å². The lowest BCUT2D eigenvalue weighted by Gasteiger charge is -2.37. The van der Waals surface area contributed by atoms with E-state index < -0.39 is 53.2 Å². The summed E-state index contributed by atoms with van der Waals surface area (Å²) in [5.41, 5.74) is -0.311. The van der Waals surface area contributed by atoms with E-state index in [1.54, 1.807) is 0 Å². The summed E-state index contributed by atoms with van der Waals surface area (Å²) in [4.78, 5) is 12.4. The van der Waals surface area contributed by atoms with E-state index >= 15 is 0 Å². The van der Waals surface area contributed by atoms with E-state index in [1.807, 2.05) is 0 Å². The maximum atomic E-state index is 13.9. The molecule has 16 heteroatoms. The molecule has 0 spiro atoms. The van der Waals surface area contributed by atoms with Gasteiger partial charge in [0.1, 0.15) is 17.2 Å². The molecule has 4 nitrogen and oxygen atoms in total. The summed E-state index contributed by atoms with van der Waals surface area (Å²) >= 11 is 5.76. The minimum absolute atomic E-state index is 0.0619. The number of unbranched alkanes of at least 4 members (excludes halogenated alkanes) is 5. The Labute approximate surface area is 244 Å². The molecule has 0 aliphatic heterocycles. The van der Waals surface area contributed by atoms with Gasteiger partial charge in [-0.25, -0.2) is 4.79 Å². The Balaban J connectivity index is 1.99. The normalized spacial score (nSPS) is 13.1. The molecule has 0 fully saturated rings. The molecule has 0 aliphatic rings. The van der Waals surface area contributed by atoms with E-state index in [9.17, 15) is 53.1 Å². The molecule has 43 heavy (non-hydrogen) atoms. The van der Waals surface area contributed by atoms with Crippen LogP contribution in [0.3, 0.4) is 0 Å². The van der Waals surface area contributed by atoms with Crippen LogP contribution in [0.4, 0.5) is 48.3 Å². The number of benzene rings is 2. The van der Waals surface area contributed by atoms with Crippen LogP contribution in [0.1, 0.15) is 55.8 Å². The first kappa shape index (κ1) is 36.2. The minimum Gasteiger partial charge on any atom is -0.494 e. The Morgan fingerprint density at radius 2 is 1.26 bits per heavy atom. The molecule has 0 bridgehead atoms. The van der Waals surface area contributed by atoms with Crippen LogP contribution < -0.4 is 14.2 Å². The van der Waals surface area contributed by atoms with Crippen LogP contribution in [-0.4, -0.2) is 49.0 Å². The zero-order valence-corrected chi connectivity index (χ0v) is 23.1. The molecule has 242 valence electrons. The van der Waals surface area contributed by atoms with Gasteiger partial charge in [0.05, 0.1) is 17.2 Å². The fourth-order valence-corrected chi connectivity index (χ4v) is 3.69. The minimum atomic E-state index is -7.55. The predicted octanol–water partition coefficient (Wildman–Crippen LogP) is 9.78. The molecule has 0 amide bonds. The number of halogens is 12. The Bertz CT molecular complexity index is 1200. The van der Waals surface area contributed by atoms with Gasteiger partial charge in [0, 0.05) is 0 Å². The average Bonchev–Trinajstić information content (AvgIpc) is 2.91. The van der Waals surface area contributed by atoms with Gasteiger partial charge >= 0.3 is 35.8 Å². The number of hydrogen-bond donors (Lipinski definition) is 0. The number of alkyl halides is 11. The standard InChI is InChI=1S/C27H26ClF11O4/c1-2-3-4-5-6-7-14-41-18-9-11-19(12-10-18)43-22(40)17-8-13-21(20(28)15-17)42-16-23(29,30)24(31,32)25(33,34)26(35,36)27(37,38)39/h8-13,15H,2-7,14,16H2,1H3. The molecule has 2 aromatic carbocycles. The molecule has 2 aromatic rings. The first-order valence-electron chi connectivity index (χ1n) is 12.7. The molecule has 0 unspecified atom stereocenters. The summed E-state index contributed by atoms with van der Waals surface area (Å²) < 4.78 is 159. The van der Waals surface area contributed by atoms with Crippen molar-refractivity contribution in [3.8, 4) is 17.2 Å². The second kappa shape index (κ2) is 14.2. The topological polar surface area (TPSA) is 44.8 Å². The third-order valence-electron chi connectivity index (χ3n) is 5.98. The van der Waals surface area contributed by atoms with Crippen molar-refractivity contribution in [2.24, 2.45) is 0 Å². The molecule has 0 saturated heterocycles. The van der Waals surface area contributed by atoms with Gasteiger partial charge in [0.2, 0.25) is 0 Å². The molecule has 0 radical (unpaired) electrons. The van der Waals surface area contributed by atoms with Crippen LogP contribution in [0.15, 0.2) is 42.5 Å². The number of esters is 1. The summed E-state index contributed by atoms with van der Waals surface area (Å²) in [7, 11) is 0. The third kappa shape index (κ3) is 8.57. The zero-order chi connectivity index (χ0) is 32.7. The Morgan fingerprint density at radius 1 is 0.698 bits per heavy atom. The van der Waals surface area contributed by atoms with Crippen molar-refractivity contribution in [1.82, 2.24) is 0 Å². The van der Waals surface area contributed by atoms with Gasteiger partial charge in [0.25, 0.3) is 0 Å². The summed E-state index contributed by atoms with van der Waals surface area (Å²) in [5.74, 6) is -29.9. The Kier molecular flexibility index (Phi) is 12.0. The highest BCUT2D eigenvalue weighted by molar-refractivity contribution is 6.32. The lowest BCUT2D eigenvalue weighted by atomic mass is 9.98. The van der Waals surface area contributed by atoms with Crippen LogP contribution in [0.25, 0.3) is 0 Å². The average molecular weight is 659 g/mol. The van der Waals surface area contributed by atoms with Crippen molar-refractivity contribution in [2.75, 3.05) is 13.2 Å². The number of carbonyl (C=O) groups excluding carboxylic acids is 1. The van der Waals surface area contributed by atoms with Crippen molar-refractivity contribution < 1.29 is 67.3 Å². The van der Waals surface area contributed by atoms with E-state index in [4.69, 9.17) is 21.1 Å². The monoisotopic (exact) mass is 658 g/mol. The highest BCUT2D eigenvalue weighted by Gasteiger charge is 2.87. The SMILES string of the molecule is CCCCCCCCOc1ccc(OC(=O)c2ccc(OCC(F)(F)C(F)(F)C(F)(F)C(F)(F)C(F)(F)F)c(Cl)c2)cc1. The van der Waals surface area contributed by atoms with Gasteiger partial charge in [-0.3, -0.25) is 0 Å². The maximum absolute atomic E-state index is 13.9. The molecular formula is C27H26ClF11O4. The number of rotatable bonds is 16. The highest BCUT2D eigenvalue weighted by atomic mass is 35.5. The van der Waals surface area contributed by atoms with Crippen LogP contribution in [0, 0.1) is 0 Å². The van der Waals surface area contributed by atoms with Crippen LogP contribution >= 0.6 is 11.6 Å². The van der Waals surface area contributed by atoms with Crippen molar-refractivity contribution in [1.29, 1.82) is 0 Å². The second-order valence-electron chi connectivity index (χ2n) is 9.34. The van der Waals surface area contributed by atoms with Crippen LogP contribution in [-0.2, 0) is 0 Å². The predicted molar refractivity (Wildman–Crippen MR) is 133 cm³/mol. The second-order valence-corrected chi connectivity index (χ2v) is 9.74. The van der Waals surface area contributed by atoms with Gasteiger partial charge in [0.15, 0.2) is 6.61 Å². The lowest BCUT2D eigenvalue weighted by Crippen LogP contribution is -2.67. The van der Waals surface area contributed by atoms with E-state index in [0.717, 1.165) is 44.2 Å². The molecular weight excluding hydrogens is 633 g/mol. The molecule has 0 aliphatic carbocycles. The van der Waals surface area contributed by atoms with Crippen molar-refractivity contribution >= 4 is 17.6 Å². The van der Waals surface area contributed by atoms with Gasteiger partial charge in [-0.15, -0.1) is 0 Å². The van der Waals surface area contributed by atoms with E-state index in [0.29, 0.717) is 18.4 Å². The molecule has 2 rings (SSSR count). The molecule has 0 saturated carbocycles. The largest absolute Gasteiger partial charge is 0.494 e. The maximum Gasteiger partial charge on any atom is 0.460 e. The molecule has 0 atom stereocenters. The number of hydrogen-bond acceptors (Lipinski definition) is 4. The lowest BCUT2D eigenvalue weighted by molar-refractivity contribution is -0.423. The van der Waals surface area contributed by atoms with E-state index in [2.05, 4.69) is 11.7 Å². The van der Waals surface area contributed by atoms with Gasteiger partial charge in [-0.05, 0) is 48.9 Å². The van der Waals surface area contributed by atoms with Crippen LogP contribution in [0.5, 0.6) is 17.2 Å². The Morgan fingerprint density at radius 3 is 1.81 bits per heavy atom. The van der Waals surface area contributed by atoms with Gasteiger partial charge in [-0.1, -0.05) is 50.6 Å². The Hall–Kier alpha value is -2.97. The fourth-order valence-electron chi connectivity index (χ4n) is 3.45. The van der Waals surface area contributed by atoms with Crippen molar-refractivity contribution in [3.05, 3.63) is 53.1 Å². The first-order valence-corrected chi connectivity index (χ1v) is 13.1. The highest BCUT2D eigenvalue weighted by Crippen LogP contribution is 2.57. The molecule has 0 heterocycles. The number of carbonyl (C=O) groups is 1. The fraction of sp³-hybridized carbons (Fsp3) is 0.519. The van der Waals surface area contributed by atoms with E-state index in [1.165, 1.54) is 30.7 Å². The van der Waals surface area contributed by atoms with E-state index in [-0.39, 0.29) is 11.3 Å². The molecule has 0 N–H and O–H groups in total. The third-order valence-corrected chi connectivity index (χ3v) is 6.28. The first-order chi connectivity index (χ1) is 19.8. The van der Waals surface area contributed by atoms with Crippen LogP contribution in [0.2, 0.25) is 5.02 Å². The smallest absolute Gasteiger partial charge is 0.460 e. The zero-order valence-electron chi connectivity index (χ0n) is 22.4. The summed E-state index contributed by atoms with van der Waals surface area (Å²) in [6, 6.07) is 8.17. The quantitative estimate of drug-likeness (QED) is 0.0780. The van der Waals surface area contributed by atoms with Gasteiger partial charge < -0.3 is 14.2 Å². The molecule has 0 aromatic heterocycles. The van der Waals surface area contributed by atoms with Gasteiger partial charge in [-0.2, -0.15) is 48.3 Å². The summed E-state index contributed by atoms with van der Waals surface area (Å²) in [6.45, 7) is -0.166. The summed E-state index contributed by atoms with van der Waals surface area (Å²) in [5, 5.41) is -0.709. The number of ether oxygens (including phenoxy) is 3.